The summed E-state index contributed by atoms with van der Waals surface area (Å²) in [5.41, 5.74) is 1.24. The predicted molar refractivity (Wildman–Crippen MR) is 108 cm³/mol. The number of sulfonamides is 1. The summed E-state index contributed by atoms with van der Waals surface area (Å²) >= 11 is 0. The fraction of sp³-hybridized carbons (Fsp3) is 0.143. The molecular formula is C21H18N2O6S. The van der Waals surface area contributed by atoms with Crippen molar-refractivity contribution in [3.05, 3.63) is 78.1 Å². The van der Waals surface area contributed by atoms with Crippen LogP contribution in [0.15, 0.2) is 71.8 Å². The molecule has 2 heterocycles. The van der Waals surface area contributed by atoms with Crippen molar-refractivity contribution in [2.45, 2.75) is 11.5 Å². The third kappa shape index (κ3) is 4.52. The van der Waals surface area contributed by atoms with Gasteiger partial charge in [-0.3, -0.25) is 9.71 Å². The highest BCUT2D eigenvalue weighted by Gasteiger charge is 2.19. The van der Waals surface area contributed by atoms with Crippen LogP contribution < -0.4 is 14.2 Å². The number of nitrogens with one attached hydrogen (secondary N) is 1. The smallest absolute Gasteiger partial charge is 0.338 e. The minimum atomic E-state index is -3.84. The van der Waals surface area contributed by atoms with Crippen molar-refractivity contribution in [2.24, 2.45) is 0 Å². The van der Waals surface area contributed by atoms with E-state index < -0.39 is 16.0 Å². The molecule has 0 unspecified atom stereocenters. The number of carbonyl (C=O) groups excluding carboxylic acids is 1. The number of pyridine rings is 1. The van der Waals surface area contributed by atoms with E-state index in [1.807, 2.05) is 0 Å². The lowest BCUT2D eigenvalue weighted by atomic mass is 10.2. The van der Waals surface area contributed by atoms with Crippen molar-refractivity contribution in [1.29, 1.82) is 0 Å². The molecule has 0 atom stereocenters. The zero-order valence-electron chi connectivity index (χ0n) is 15.8. The van der Waals surface area contributed by atoms with E-state index in [1.165, 1.54) is 36.4 Å². The number of fused-ring (bicyclic) bond motifs is 1. The fourth-order valence-electron chi connectivity index (χ4n) is 2.79. The largest absolute Gasteiger partial charge is 0.486 e. The van der Waals surface area contributed by atoms with Gasteiger partial charge in [0.25, 0.3) is 10.0 Å². The molecule has 3 aromatic rings. The molecule has 1 aromatic heterocycles. The molecule has 30 heavy (non-hydrogen) atoms. The van der Waals surface area contributed by atoms with Crippen molar-refractivity contribution in [3.8, 4) is 11.5 Å². The van der Waals surface area contributed by atoms with E-state index >= 15 is 0 Å². The first-order valence-corrected chi connectivity index (χ1v) is 10.6. The van der Waals surface area contributed by atoms with Crippen molar-refractivity contribution in [2.75, 3.05) is 17.9 Å². The molecular weight excluding hydrogens is 408 g/mol. The van der Waals surface area contributed by atoms with Crippen LogP contribution in [0.3, 0.4) is 0 Å². The summed E-state index contributed by atoms with van der Waals surface area (Å²) in [6, 6.07) is 15.7. The molecule has 0 bridgehead atoms. The van der Waals surface area contributed by atoms with Crippen molar-refractivity contribution >= 4 is 21.7 Å². The maximum absolute atomic E-state index is 12.7. The predicted octanol–water partition coefficient (Wildman–Crippen LogP) is 3.01. The Bertz CT molecular complexity index is 1150. The van der Waals surface area contributed by atoms with Gasteiger partial charge >= 0.3 is 5.97 Å². The van der Waals surface area contributed by atoms with E-state index in [0.29, 0.717) is 41.7 Å². The lowest BCUT2D eigenvalue weighted by molar-refractivity contribution is 0.0468. The van der Waals surface area contributed by atoms with Gasteiger partial charge < -0.3 is 14.2 Å². The zero-order valence-corrected chi connectivity index (χ0v) is 16.6. The van der Waals surface area contributed by atoms with Gasteiger partial charge in [-0.05, 0) is 48.5 Å². The van der Waals surface area contributed by atoms with Gasteiger partial charge in [-0.1, -0.05) is 6.07 Å². The number of hydrogen-bond donors (Lipinski definition) is 1. The summed E-state index contributed by atoms with van der Waals surface area (Å²) in [5.74, 6) is 0.366. The van der Waals surface area contributed by atoms with Crippen LogP contribution in [0.5, 0.6) is 11.5 Å². The number of esters is 1. The Kier molecular flexibility index (Phi) is 5.53. The highest BCUT2D eigenvalue weighted by atomic mass is 32.2. The quantitative estimate of drug-likeness (QED) is 0.604. The first-order valence-electron chi connectivity index (χ1n) is 9.11. The Hall–Kier alpha value is -3.59. The van der Waals surface area contributed by atoms with Crippen LogP contribution in [0.2, 0.25) is 0 Å². The highest BCUT2D eigenvalue weighted by molar-refractivity contribution is 7.92. The molecule has 0 saturated heterocycles. The standard InChI is InChI=1S/C21H18N2O6S/c24-21(29-14-17-3-1-2-10-22-17)15-4-6-16(7-5-15)23-30(25,26)18-8-9-19-20(13-18)28-12-11-27-19/h1-10,13,23H,11-12,14H2. The third-order valence-corrected chi connectivity index (χ3v) is 5.65. The van der Waals surface area contributed by atoms with Gasteiger partial charge in [0.15, 0.2) is 11.5 Å². The molecule has 8 nitrogen and oxygen atoms in total. The maximum atomic E-state index is 12.7. The van der Waals surface area contributed by atoms with Crippen LogP contribution in [0, 0.1) is 0 Å². The summed E-state index contributed by atoms with van der Waals surface area (Å²) in [6.45, 7) is 0.841. The number of ether oxygens (including phenoxy) is 3. The van der Waals surface area contributed by atoms with Crippen LogP contribution in [-0.2, 0) is 21.4 Å². The van der Waals surface area contributed by atoms with Gasteiger partial charge in [-0.2, -0.15) is 0 Å². The Morgan fingerprint density at radius 1 is 1.00 bits per heavy atom. The lowest BCUT2D eigenvalue weighted by Crippen LogP contribution is -2.17. The highest BCUT2D eigenvalue weighted by Crippen LogP contribution is 2.32. The van der Waals surface area contributed by atoms with E-state index in [2.05, 4.69) is 9.71 Å². The maximum Gasteiger partial charge on any atom is 0.338 e. The van der Waals surface area contributed by atoms with Gasteiger partial charge in [0.2, 0.25) is 0 Å². The summed E-state index contributed by atoms with van der Waals surface area (Å²) < 4.78 is 43.8. The van der Waals surface area contributed by atoms with Crippen LogP contribution in [0.1, 0.15) is 16.1 Å². The average molecular weight is 426 g/mol. The SMILES string of the molecule is O=C(OCc1ccccn1)c1ccc(NS(=O)(=O)c2ccc3c(c2)OCCO3)cc1. The summed E-state index contributed by atoms with van der Waals surface area (Å²) in [4.78, 5) is 16.3. The first kappa shape index (κ1) is 19.7. The second-order valence-corrected chi connectivity index (χ2v) is 8.07. The number of benzene rings is 2. The number of rotatable bonds is 6. The molecule has 9 heteroatoms. The summed E-state index contributed by atoms with van der Waals surface area (Å²) in [6.07, 6.45) is 1.62. The molecule has 4 rings (SSSR count). The van der Waals surface area contributed by atoms with Gasteiger partial charge in [0.05, 0.1) is 16.2 Å². The minimum absolute atomic E-state index is 0.0468. The van der Waals surface area contributed by atoms with Gasteiger partial charge in [0, 0.05) is 18.0 Å². The number of carbonyl (C=O) groups is 1. The van der Waals surface area contributed by atoms with Gasteiger partial charge in [0.1, 0.15) is 19.8 Å². The van der Waals surface area contributed by atoms with Crippen molar-refractivity contribution < 1.29 is 27.4 Å². The molecule has 0 radical (unpaired) electrons. The van der Waals surface area contributed by atoms with E-state index in [0.717, 1.165) is 0 Å². The van der Waals surface area contributed by atoms with E-state index in [-0.39, 0.29) is 11.5 Å². The van der Waals surface area contributed by atoms with E-state index in [9.17, 15) is 13.2 Å². The number of nitrogens with zero attached hydrogens (tertiary/aromatic N) is 1. The molecule has 0 aliphatic carbocycles. The monoisotopic (exact) mass is 426 g/mol. The Labute approximate surface area is 173 Å². The molecule has 1 N–H and O–H groups in total. The summed E-state index contributed by atoms with van der Waals surface area (Å²) in [5, 5.41) is 0. The van der Waals surface area contributed by atoms with Crippen LogP contribution >= 0.6 is 0 Å². The topological polar surface area (TPSA) is 104 Å². The number of hydrogen-bond acceptors (Lipinski definition) is 7. The molecule has 0 spiro atoms. The molecule has 154 valence electrons. The molecule has 2 aromatic carbocycles. The van der Waals surface area contributed by atoms with Crippen molar-refractivity contribution in [3.63, 3.8) is 0 Å². The molecule has 1 aliphatic rings. The lowest BCUT2D eigenvalue weighted by Gasteiger charge is -2.19. The molecule has 0 saturated carbocycles. The second-order valence-electron chi connectivity index (χ2n) is 6.39. The second kappa shape index (κ2) is 8.42. The molecule has 0 amide bonds. The Morgan fingerprint density at radius 2 is 1.77 bits per heavy atom. The Morgan fingerprint density at radius 3 is 2.50 bits per heavy atom. The minimum Gasteiger partial charge on any atom is -0.486 e. The van der Waals surface area contributed by atoms with Crippen LogP contribution in [0.4, 0.5) is 5.69 Å². The Balaban J connectivity index is 1.42. The van der Waals surface area contributed by atoms with Gasteiger partial charge in [-0.25, -0.2) is 13.2 Å². The number of anilines is 1. The van der Waals surface area contributed by atoms with Gasteiger partial charge in [-0.15, -0.1) is 0 Å². The fourth-order valence-corrected chi connectivity index (χ4v) is 3.86. The van der Waals surface area contributed by atoms with Crippen LogP contribution in [0.25, 0.3) is 0 Å². The zero-order chi connectivity index (χ0) is 21.0. The number of aromatic nitrogens is 1. The first-order chi connectivity index (χ1) is 14.5. The summed E-state index contributed by atoms with van der Waals surface area (Å²) in [7, 11) is -3.84. The van der Waals surface area contributed by atoms with Crippen molar-refractivity contribution in [1.82, 2.24) is 4.98 Å². The third-order valence-electron chi connectivity index (χ3n) is 4.27. The normalized spacial score (nSPS) is 12.8. The van der Waals surface area contributed by atoms with E-state index in [4.69, 9.17) is 14.2 Å². The van der Waals surface area contributed by atoms with E-state index in [1.54, 1.807) is 30.5 Å². The molecule has 1 aliphatic heterocycles. The van der Waals surface area contributed by atoms with Crippen LogP contribution in [-0.4, -0.2) is 32.6 Å². The average Bonchev–Trinajstić information content (AvgIpc) is 2.78. The molecule has 0 fully saturated rings.